The fourth-order valence-corrected chi connectivity index (χ4v) is 8.54. The molecule has 1 atom stereocenters. The van der Waals surface area contributed by atoms with Gasteiger partial charge in [-0.2, -0.15) is 0 Å². The monoisotopic (exact) mass is 687 g/mol. The third-order valence-electron chi connectivity index (χ3n) is 11.5. The smallest absolute Gasteiger partial charge is 0.410 e. The Kier molecular flexibility index (Phi) is 11.6. The largest absolute Gasteiger partial charge is 0.436 e. The maximum atomic E-state index is 14.1. The highest BCUT2D eigenvalue weighted by Gasteiger charge is 2.36. The Balaban J connectivity index is 1.08. The Bertz CT molecular complexity index is 1500. The van der Waals surface area contributed by atoms with Crippen molar-refractivity contribution in [1.82, 2.24) is 19.6 Å². The summed E-state index contributed by atoms with van der Waals surface area (Å²) < 4.78 is 11.3. The Morgan fingerprint density at radius 2 is 1.50 bits per heavy atom. The van der Waals surface area contributed by atoms with E-state index < -0.39 is 12.2 Å². The molecule has 0 saturated carbocycles. The first kappa shape index (κ1) is 35.7. The number of amides is 4. The minimum atomic E-state index is -0.901. The molecule has 3 saturated heterocycles. The maximum absolute atomic E-state index is 14.1. The summed E-state index contributed by atoms with van der Waals surface area (Å²) in [5.74, 6) is 1.77. The van der Waals surface area contributed by atoms with Crippen molar-refractivity contribution in [1.29, 1.82) is 0 Å². The highest BCUT2D eigenvalue weighted by atomic mass is 16.6. The van der Waals surface area contributed by atoms with Crippen LogP contribution in [-0.2, 0) is 27.2 Å². The Morgan fingerprint density at radius 1 is 0.880 bits per heavy atom. The van der Waals surface area contributed by atoms with E-state index in [9.17, 15) is 19.2 Å². The first-order valence-electron chi connectivity index (χ1n) is 18.5. The van der Waals surface area contributed by atoms with Crippen LogP contribution in [0.25, 0.3) is 0 Å². The predicted octanol–water partition coefficient (Wildman–Crippen LogP) is 5.41. The average Bonchev–Trinajstić information content (AvgIpc) is 3.29. The number of piperidine rings is 3. The highest BCUT2D eigenvalue weighted by molar-refractivity contribution is 5.91. The van der Waals surface area contributed by atoms with Gasteiger partial charge in [0.1, 0.15) is 5.75 Å². The quantitative estimate of drug-likeness (QED) is 0.351. The van der Waals surface area contributed by atoms with E-state index in [4.69, 9.17) is 9.47 Å². The molecule has 1 unspecified atom stereocenters. The number of rotatable bonds is 9. The molecular formula is C39H53N5O6. The normalized spacial score (nSPS) is 20.5. The van der Waals surface area contributed by atoms with Crippen LogP contribution < -0.4 is 10.1 Å². The summed E-state index contributed by atoms with van der Waals surface area (Å²) in [4.78, 5) is 59.7. The average molecular weight is 688 g/mol. The molecule has 11 heteroatoms. The summed E-state index contributed by atoms with van der Waals surface area (Å²) in [5, 5.41) is 3.06. The van der Waals surface area contributed by atoms with E-state index >= 15 is 0 Å². The molecule has 1 N–H and O–H groups in total. The summed E-state index contributed by atoms with van der Waals surface area (Å²) in [6.45, 7) is 9.42. The van der Waals surface area contributed by atoms with Crippen molar-refractivity contribution in [2.45, 2.75) is 83.8 Å². The third-order valence-corrected chi connectivity index (χ3v) is 11.5. The summed E-state index contributed by atoms with van der Waals surface area (Å²) in [7, 11) is 2.19. The van der Waals surface area contributed by atoms with Crippen LogP contribution >= 0.6 is 0 Å². The molecule has 0 spiro atoms. The number of urea groups is 1. The van der Waals surface area contributed by atoms with Crippen LogP contribution in [0.4, 0.5) is 15.3 Å². The van der Waals surface area contributed by atoms with Gasteiger partial charge in [0.15, 0.2) is 6.10 Å². The molecule has 0 bridgehead atoms. The number of likely N-dealkylation sites (tertiary alicyclic amines) is 3. The zero-order valence-electron chi connectivity index (χ0n) is 29.9. The van der Waals surface area contributed by atoms with Crippen LogP contribution in [-0.4, -0.2) is 109 Å². The van der Waals surface area contributed by atoms with Gasteiger partial charge >= 0.3 is 12.1 Å². The van der Waals surface area contributed by atoms with Crippen LogP contribution in [0.5, 0.6) is 5.75 Å². The second-order valence-electron chi connectivity index (χ2n) is 14.7. The first-order chi connectivity index (χ1) is 24.2. The van der Waals surface area contributed by atoms with Crippen LogP contribution in [0.2, 0.25) is 0 Å². The Labute approximate surface area is 296 Å². The Morgan fingerprint density at radius 3 is 2.16 bits per heavy atom. The van der Waals surface area contributed by atoms with Crippen molar-refractivity contribution < 1.29 is 28.7 Å². The van der Waals surface area contributed by atoms with Gasteiger partial charge in [-0.05, 0) is 132 Å². The molecule has 0 aliphatic carbocycles. The van der Waals surface area contributed by atoms with Gasteiger partial charge in [-0.25, -0.2) is 9.59 Å². The number of benzene rings is 2. The fraction of sp³-hybridized carbons (Fsp3) is 0.590. The van der Waals surface area contributed by atoms with E-state index in [1.807, 2.05) is 60.0 Å². The molecule has 6 rings (SSSR count). The molecular weight excluding hydrogens is 634 g/mol. The van der Waals surface area contributed by atoms with Crippen molar-refractivity contribution in [3.8, 4) is 5.75 Å². The lowest BCUT2D eigenvalue weighted by Crippen LogP contribution is -2.51. The number of hydrogen-bond acceptors (Lipinski definition) is 7. The second kappa shape index (κ2) is 16.3. The topological polar surface area (TPSA) is 112 Å². The SMILES string of the molecule is Cc1cc(CCC(OC(=O)N2CCC(N3CCc4ccccc4NC3=O)CC2)C(=O)N2CCC(C3CCN(C)CC3)CC2)cc(C)c1OC=O. The van der Waals surface area contributed by atoms with Gasteiger partial charge in [0.2, 0.25) is 0 Å². The molecule has 270 valence electrons. The van der Waals surface area contributed by atoms with E-state index in [0.29, 0.717) is 82.5 Å². The zero-order chi connectivity index (χ0) is 35.2. The molecule has 11 nitrogen and oxygen atoms in total. The number of aryl methyl sites for hydroxylation is 3. The summed E-state index contributed by atoms with van der Waals surface area (Å²) in [6, 6.07) is 11.8. The fourth-order valence-electron chi connectivity index (χ4n) is 8.54. The van der Waals surface area contributed by atoms with Crippen molar-refractivity contribution >= 4 is 30.2 Å². The molecule has 4 amide bonds. The molecule has 50 heavy (non-hydrogen) atoms. The van der Waals surface area contributed by atoms with E-state index in [1.165, 1.54) is 12.8 Å². The molecule has 4 aliphatic rings. The number of para-hydroxylation sites is 1. The molecule has 2 aromatic rings. The predicted molar refractivity (Wildman–Crippen MR) is 191 cm³/mol. The standard InChI is InChI=1S/C39H53N5O6/c1-27-24-29(25-28(2)36(27)49-26-45)8-9-35(37(46)42-19-12-31(13-20-42)30-10-17-41(3)18-11-30)50-39(48)43-21-15-33(16-22-43)44-23-14-32-6-4-5-7-34(32)40-38(44)47/h4-7,24-26,30-31,33,35H,8-23H2,1-3H3,(H,40,47). The van der Waals surface area contributed by atoms with Gasteiger partial charge < -0.3 is 34.4 Å². The van der Waals surface area contributed by atoms with E-state index in [1.54, 1.807) is 4.90 Å². The lowest BCUT2D eigenvalue weighted by Gasteiger charge is -2.40. The number of fused-ring (bicyclic) bond motifs is 1. The van der Waals surface area contributed by atoms with Crippen LogP contribution in [0.1, 0.15) is 67.2 Å². The summed E-state index contributed by atoms with van der Waals surface area (Å²) in [5.41, 5.74) is 4.66. The molecule has 4 heterocycles. The maximum Gasteiger partial charge on any atom is 0.410 e. The number of anilines is 1. The van der Waals surface area contributed by atoms with Gasteiger partial charge in [-0.1, -0.05) is 30.3 Å². The van der Waals surface area contributed by atoms with Crippen molar-refractivity contribution in [2.75, 3.05) is 58.2 Å². The molecule has 0 aromatic heterocycles. The molecule has 3 fully saturated rings. The van der Waals surface area contributed by atoms with E-state index in [-0.39, 0.29) is 18.0 Å². The third kappa shape index (κ3) is 8.42. The number of hydrogen-bond donors (Lipinski definition) is 1. The first-order valence-corrected chi connectivity index (χ1v) is 18.5. The van der Waals surface area contributed by atoms with Crippen molar-refractivity contribution in [3.63, 3.8) is 0 Å². The van der Waals surface area contributed by atoms with Gasteiger partial charge in [0.25, 0.3) is 12.4 Å². The summed E-state index contributed by atoms with van der Waals surface area (Å²) >= 11 is 0. The number of ether oxygens (including phenoxy) is 2. The number of nitrogens with one attached hydrogen (secondary N) is 1. The van der Waals surface area contributed by atoms with Crippen molar-refractivity contribution in [3.05, 3.63) is 58.7 Å². The van der Waals surface area contributed by atoms with E-state index in [2.05, 4.69) is 17.3 Å². The lowest BCUT2D eigenvalue weighted by molar-refractivity contribution is -0.143. The Hall–Kier alpha value is -4.12. The van der Waals surface area contributed by atoms with Gasteiger partial charge in [0.05, 0.1) is 0 Å². The van der Waals surface area contributed by atoms with Gasteiger partial charge in [-0.15, -0.1) is 0 Å². The lowest BCUT2D eigenvalue weighted by atomic mass is 9.79. The van der Waals surface area contributed by atoms with Crippen molar-refractivity contribution in [2.24, 2.45) is 11.8 Å². The molecule has 2 aromatic carbocycles. The number of carbonyl (C=O) groups excluding carboxylic acids is 4. The summed E-state index contributed by atoms with van der Waals surface area (Å²) in [6.07, 6.45) is 6.01. The van der Waals surface area contributed by atoms with E-state index in [0.717, 1.165) is 60.3 Å². The molecule has 4 aliphatic heterocycles. The highest BCUT2D eigenvalue weighted by Crippen LogP contribution is 2.33. The van der Waals surface area contributed by atoms with Crippen LogP contribution in [0.15, 0.2) is 36.4 Å². The van der Waals surface area contributed by atoms with Gasteiger partial charge in [0, 0.05) is 44.5 Å². The molecule has 0 radical (unpaired) electrons. The number of carbonyl (C=O) groups is 4. The minimum absolute atomic E-state index is 0.0225. The minimum Gasteiger partial charge on any atom is -0.436 e. The van der Waals surface area contributed by atoms with Gasteiger partial charge in [-0.3, -0.25) is 9.59 Å². The van der Waals surface area contributed by atoms with Crippen LogP contribution in [0.3, 0.4) is 0 Å². The number of nitrogens with zero attached hydrogens (tertiary/aromatic N) is 4. The zero-order valence-corrected chi connectivity index (χ0v) is 29.9. The second-order valence-corrected chi connectivity index (χ2v) is 14.7. The van der Waals surface area contributed by atoms with Crippen LogP contribution in [0, 0.1) is 25.7 Å².